The van der Waals surface area contributed by atoms with Gasteiger partial charge in [-0.05, 0) is 37.2 Å². The summed E-state index contributed by atoms with van der Waals surface area (Å²) >= 11 is 0. The number of benzene rings is 1. The zero-order valence-electron chi connectivity index (χ0n) is 13.5. The van der Waals surface area contributed by atoms with Crippen molar-refractivity contribution in [2.75, 3.05) is 13.2 Å². The van der Waals surface area contributed by atoms with Gasteiger partial charge in [-0.2, -0.15) is 0 Å². The molecule has 2 saturated heterocycles. The molecule has 0 aliphatic carbocycles. The molecule has 6 nitrogen and oxygen atoms in total. The molecule has 2 aliphatic rings. The minimum atomic E-state index is -1.01. The molecule has 2 N–H and O–H groups in total. The lowest BCUT2D eigenvalue weighted by molar-refractivity contribution is -0.152. The van der Waals surface area contributed by atoms with Crippen LogP contribution in [0, 0.1) is 5.92 Å². The summed E-state index contributed by atoms with van der Waals surface area (Å²) in [5.74, 6) is -0.814. The van der Waals surface area contributed by atoms with Crippen LogP contribution < -0.4 is 5.32 Å². The van der Waals surface area contributed by atoms with Crippen LogP contribution in [0.25, 0.3) is 0 Å². The highest BCUT2D eigenvalue weighted by Gasteiger charge is 2.35. The van der Waals surface area contributed by atoms with Crippen molar-refractivity contribution < 1.29 is 24.2 Å². The van der Waals surface area contributed by atoms with E-state index in [4.69, 9.17) is 14.6 Å². The van der Waals surface area contributed by atoms with Crippen LogP contribution in [0.4, 0.5) is 0 Å². The lowest BCUT2D eigenvalue weighted by atomic mass is 9.94. The second-order valence-corrected chi connectivity index (χ2v) is 6.47. The number of amides is 1. The van der Waals surface area contributed by atoms with Gasteiger partial charge < -0.3 is 19.9 Å². The molecule has 0 spiro atoms. The SMILES string of the molecule is O=C(NC(CC1CCOC1)c1ccccc1)[C@@H]1CC[C@H](C(=O)O)O1. The fourth-order valence-electron chi connectivity index (χ4n) is 3.34. The third-order valence-electron chi connectivity index (χ3n) is 4.70. The number of hydrogen-bond acceptors (Lipinski definition) is 4. The number of ether oxygens (including phenoxy) is 2. The molecule has 0 bridgehead atoms. The lowest BCUT2D eigenvalue weighted by Gasteiger charge is -2.23. The monoisotopic (exact) mass is 333 g/mol. The van der Waals surface area contributed by atoms with Crippen LogP contribution in [0.3, 0.4) is 0 Å². The molecular formula is C18H23NO5. The number of rotatable bonds is 6. The van der Waals surface area contributed by atoms with Crippen LogP contribution in [0.5, 0.6) is 0 Å². The van der Waals surface area contributed by atoms with Crippen LogP contribution in [0.1, 0.15) is 37.3 Å². The van der Waals surface area contributed by atoms with Crippen molar-refractivity contribution in [2.45, 2.75) is 43.9 Å². The zero-order valence-corrected chi connectivity index (χ0v) is 13.5. The summed E-state index contributed by atoms with van der Waals surface area (Å²) in [5.41, 5.74) is 1.05. The van der Waals surface area contributed by atoms with Gasteiger partial charge in [0.05, 0.1) is 6.04 Å². The largest absolute Gasteiger partial charge is 0.479 e. The lowest BCUT2D eigenvalue weighted by Crippen LogP contribution is -2.38. The van der Waals surface area contributed by atoms with Gasteiger partial charge in [-0.25, -0.2) is 4.79 Å². The van der Waals surface area contributed by atoms with Crippen LogP contribution in [0.15, 0.2) is 30.3 Å². The van der Waals surface area contributed by atoms with Gasteiger partial charge in [0.25, 0.3) is 0 Å². The smallest absolute Gasteiger partial charge is 0.332 e. The number of aliphatic carboxylic acids is 1. The molecule has 24 heavy (non-hydrogen) atoms. The number of nitrogens with one attached hydrogen (secondary N) is 1. The average molecular weight is 333 g/mol. The summed E-state index contributed by atoms with van der Waals surface area (Å²) in [6.45, 7) is 1.49. The van der Waals surface area contributed by atoms with Gasteiger partial charge >= 0.3 is 5.97 Å². The predicted octanol–water partition coefficient (Wildman–Crippen LogP) is 1.90. The van der Waals surface area contributed by atoms with Gasteiger partial charge in [-0.1, -0.05) is 30.3 Å². The minimum absolute atomic E-state index is 0.113. The summed E-state index contributed by atoms with van der Waals surface area (Å²) in [6, 6.07) is 9.72. The van der Waals surface area contributed by atoms with Gasteiger partial charge in [0.15, 0.2) is 6.10 Å². The molecule has 2 aliphatic heterocycles. The number of carboxylic acid groups (broad SMARTS) is 1. The molecule has 2 unspecified atom stereocenters. The quantitative estimate of drug-likeness (QED) is 0.830. The van der Waals surface area contributed by atoms with Gasteiger partial charge in [0, 0.05) is 13.2 Å². The summed E-state index contributed by atoms with van der Waals surface area (Å²) in [7, 11) is 0. The van der Waals surface area contributed by atoms with E-state index in [0.717, 1.165) is 31.6 Å². The number of hydrogen-bond donors (Lipinski definition) is 2. The van der Waals surface area contributed by atoms with E-state index in [1.54, 1.807) is 0 Å². The van der Waals surface area contributed by atoms with E-state index in [2.05, 4.69) is 5.32 Å². The Kier molecular flexibility index (Phi) is 5.48. The Balaban J connectivity index is 1.65. The van der Waals surface area contributed by atoms with Crippen molar-refractivity contribution in [3.05, 3.63) is 35.9 Å². The second kappa shape index (κ2) is 7.77. The first kappa shape index (κ1) is 16.9. The maximum absolute atomic E-state index is 12.5. The molecule has 6 heteroatoms. The van der Waals surface area contributed by atoms with E-state index < -0.39 is 18.2 Å². The third-order valence-corrected chi connectivity index (χ3v) is 4.70. The van der Waals surface area contributed by atoms with E-state index in [-0.39, 0.29) is 11.9 Å². The van der Waals surface area contributed by atoms with E-state index in [0.29, 0.717) is 18.8 Å². The van der Waals surface area contributed by atoms with Crippen molar-refractivity contribution in [1.29, 1.82) is 0 Å². The maximum Gasteiger partial charge on any atom is 0.332 e. The molecular weight excluding hydrogens is 310 g/mol. The molecule has 3 rings (SSSR count). The van der Waals surface area contributed by atoms with E-state index >= 15 is 0 Å². The fraction of sp³-hybridized carbons (Fsp3) is 0.556. The molecule has 0 saturated carbocycles. The van der Waals surface area contributed by atoms with Crippen molar-refractivity contribution in [1.82, 2.24) is 5.32 Å². The third kappa shape index (κ3) is 4.13. The van der Waals surface area contributed by atoms with Gasteiger partial charge in [0.2, 0.25) is 5.91 Å². The molecule has 1 aromatic rings. The highest BCUT2D eigenvalue weighted by Crippen LogP contribution is 2.28. The Morgan fingerprint density at radius 2 is 1.92 bits per heavy atom. The number of carboxylic acids is 1. The van der Waals surface area contributed by atoms with Crippen LogP contribution in [0.2, 0.25) is 0 Å². The highest BCUT2D eigenvalue weighted by molar-refractivity contribution is 5.83. The van der Waals surface area contributed by atoms with Crippen LogP contribution in [-0.2, 0) is 19.1 Å². The van der Waals surface area contributed by atoms with E-state index in [9.17, 15) is 9.59 Å². The Hall–Kier alpha value is -1.92. The molecule has 0 aromatic heterocycles. The van der Waals surface area contributed by atoms with Gasteiger partial charge in [-0.15, -0.1) is 0 Å². The van der Waals surface area contributed by atoms with E-state index in [1.807, 2.05) is 30.3 Å². The Bertz CT molecular complexity index is 570. The van der Waals surface area contributed by atoms with Gasteiger partial charge in [0.1, 0.15) is 6.10 Å². The minimum Gasteiger partial charge on any atom is -0.479 e. The maximum atomic E-state index is 12.5. The summed E-state index contributed by atoms with van der Waals surface area (Å²) in [6.07, 6.45) is 1.07. The molecule has 2 fully saturated rings. The topological polar surface area (TPSA) is 84.9 Å². The van der Waals surface area contributed by atoms with Crippen molar-refractivity contribution >= 4 is 11.9 Å². The average Bonchev–Trinajstić information content (AvgIpc) is 3.26. The van der Waals surface area contributed by atoms with Crippen LogP contribution >= 0.6 is 0 Å². The van der Waals surface area contributed by atoms with Gasteiger partial charge in [-0.3, -0.25) is 4.79 Å². The number of carbonyl (C=O) groups excluding carboxylic acids is 1. The Morgan fingerprint density at radius 3 is 2.54 bits per heavy atom. The molecule has 1 amide bonds. The first-order chi connectivity index (χ1) is 11.6. The van der Waals surface area contributed by atoms with Crippen molar-refractivity contribution in [3.63, 3.8) is 0 Å². The predicted molar refractivity (Wildman–Crippen MR) is 86.4 cm³/mol. The van der Waals surface area contributed by atoms with Crippen LogP contribution in [-0.4, -0.2) is 42.4 Å². The molecule has 0 radical (unpaired) electrons. The standard InChI is InChI=1S/C18H23NO5/c20-17(15-6-7-16(24-15)18(21)22)19-14(10-12-8-9-23-11-12)13-4-2-1-3-5-13/h1-5,12,14-16H,6-11H2,(H,19,20)(H,21,22)/t12?,14?,15-,16+/m0/s1. The Morgan fingerprint density at radius 1 is 1.17 bits per heavy atom. The highest BCUT2D eigenvalue weighted by atomic mass is 16.5. The Labute approximate surface area is 141 Å². The van der Waals surface area contributed by atoms with Crippen molar-refractivity contribution in [2.24, 2.45) is 5.92 Å². The normalized spacial score (nSPS) is 27.8. The summed E-state index contributed by atoms with van der Waals surface area (Å²) in [5, 5.41) is 12.0. The number of carbonyl (C=O) groups is 2. The summed E-state index contributed by atoms with van der Waals surface area (Å²) in [4.78, 5) is 23.5. The first-order valence-electron chi connectivity index (χ1n) is 8.45. The second-order valence-electron chi connectivity index (χ2n) is 6.47. The molecule has 130 valence electrons. The zero-order chi connectivity index (χ0) is 16.9. The molecule has 2 heterocycles. The molecule has 4 atom stereocenters. The van der Waals surface area contributed by atoms with E-state index in [1.165, 1.54) is 0 Å². The fourth-order valence-corrected chi connectivity index (χ4v) is 3.34. The molecule has 1 aromatic carbocycles. The van der Waals surface area contributed by atoms with Crippen molar-refractivity contribution in [3.8, 4) is 0 Å². The first-order valence-corrected chi connectivity index (χ1v) is 8.45. The summed E-state index contributed by atoms with van der Waals surface area (Å²) < 4.78 is 10.8.